The lowest BCUT2D eigenvalue weighted by molar-refractivity contribution is 0.0941. The van der Waals surface area contributed by atoms with Gasteiger partial charge in [0.15, 0.2) is 5.88 Å². The smallest absolute Gasteiger partial charge is 0.251 e. The molecule has 6 nitrogen and oxygen atoms in total. The number of aromatic hydroxyl groups is 1. The third-order valence-electron chi connectivity index (χ3n) is 2.33. The Balaban J connectivity index is 2.55. The summed E-state index contributed by atoms with van der Waals surface area (Å²) in [5, 5.41) is 21.0. The number of aliphatic hydroxyl groups excluding tert-OH is 1. The molecule has 0 aliphatic carbocycles. The number of amides is 1. The first-order valence-electron chi connectivity index (χ1n) is 5.42. The molecule has 1 rings (SSSR count). The van der Waals surface area contributed by atoms with Gasteiger partial charge in [-0.3, -0.25) is 14.6 Å². The lowest BCUT2D eigenvalue weighted by Gasteiger charge is -2.08. The summed E-state index contributed by atoms with van der Waals surface area (Å²) in [5.41, 5.74) is -0.444. The number of carbonyl (C=O) groups excluding carboxylic acids is 1. The summed E-state index contributed by atoms with van der Waals surface area (Å²) in [4.78, 5) is 24.7. The van der Waals surface area contributed by atoms with E-state index >= 15 is 0 Å². The maximum Gasteiger partial charge on any atom is 0.251 e. The highest BCUT2D eigenvalue weighted by atomic mass is 16.3. The summed E-state index contributed by atoms with van der Waals surface area (Å²) in [6.07, 6.45) is 0.641. The van der Waals surface area contributed by atoms with E-state index in [1.165, 1.54) is 6.07 Å². The zero-order valence-corrected chi connectivity index (χ0v) is 9.56. The minimum atomic E-state index is -0.538. The fraction of sp³-hybridized carbons (Fsp3) is 0.455. The van der Waals surface area contributed by atoms with Crippen LogP contribution in [0.5, 0.6) is 5.88 Å². The SMILES string of the molecule is CCC(O)CCNC(=O)c1cc(O)[nH]c(=O)c1. The molecule has 4 N–H and O–H groups in total. The van der Waals surface area contributed by atoms with E-state index in [4.69, 9.17) is 5.11 Å². The molecular formula is C11H16N2O4. The van der Waals surface area contributed by atoms with Crippen molar-refractivity contribution < 1.29 is 15.0 Å². The molecular weight excluding hydrogens is 224 g/mol. The number of rotatable bonds is 5. The van der Waals surface area contributed by atoms with Gasteiger partial charge in [-0.1, -0.05) is 6.92 Å². The number of hydrogen-bond donors (Lipinski definition) is 4. The van der Waals surface area contributed by atoms with Gasteiger partial charge in [-0.15, -0.1) is 0 Å². The Hall–Kier alpha value is -1.82. The fourth-order valence-corrected chi connectivity index (χ4v) is 1.32. The molecule has 1 atom stereocenters. The van der Waals surface area contributed by atoms with E-state index in [9.17, 15) is 14.7 Å². The summed E-state index contributed by atoms with van der Waals surface area (Å²) in [5.74, 6) is -0.800. The number of aromatic nitrogens is 1. The second kappa shape index (κ2) is 6.05. The number of pyridine rings is 1. The predicted molar refractivity (Wildman–Crippen MR) is 62.0 cm³/mol. The van der Waals surface area contributed by atoms with Crippen LogP contribution in [0.4, 0.5) is 0 Å². The van der Waals surface area contributed by atoms with Crippen LogP contribution in [-0.2, 0) is 0 Å². The van der Waals surface area contributed by atoms with E-state index in [0.717, 1.165) is 6.07 Å². The molecule has 0 saturated heterocycles. The molecule has 0 bridgehead atoms. The minimum Gasteiger partial charge on any atom is -0.494 e. The predicted octanol–water partition coefficient (Wildman–Crippen LogP) is -0.0287. The molecule has 1 amide bonds. The maximum atomic E-state index is 11.6. The topological polar surface area (TPSA) is 102 Å². The van der Waals surface area contributed by atoms with Gasteiger partial charge in [0, 0.05) is 18.7 Å². The van der Waals surface area contributed by atoms with Crippen LogP contribution < -0.4 is 10.9 Å². The van der Waals surface area contributed by atoms with E-state index in [2.05, 4.69) is 10.3 Å². The third-order valence-corrected chi connectivity index (χ3v) is 2.33. The van der Waals surface area contributed by atoms with Crippen LogP contribution >= 0.6 is 0 Å². The highest BCUT2D eigenvalue weighted by molar-refractivity contribution is 5.94. The largest absolute Gasteiger partial charge is 0.494 e. The Kier molecular flexibility index (Phi) is 4.71. The van der Waals surface area contributed by atoms with Crippen LogP contribution in [0.15, 0.2) is 16.9 Å². The first-order valence-corrected chi connectivity index (χ1v) is 5.42. The van der Waals surface area contributed by atoms with Crippen LogP contribution in [0, 0.1) is 0 Å². The summed E-state index contributed by atoms with van der Waals surface area (Å²) in [6, 6.07) is 2.28. The van der Waals surface area contributed by atoms with Crippen LogP contribution in [0.25, 0.3) is 0 Å². The van der Waals surface area contributed by atoms with Crippen molar-refractivity contribution in [3.63, 3.8) is 0 Å². The maximum absolute atomic E-state index is 11.6. The molecule has 0 radical (unpaired) electrons. The van der Waals surface area contributed by atoms with Crippen LogP contribution in [0.1, 0.15) is 30.1 Å². The van der Waals surface area contributed by atoms with Crippen LogP contribution in [0.3, 0.4) is 0 Å². The van der Waals surface area contributed by atoms with Crippen molar-refractivity contribution in [3.05, 3.63) is 28.0 Å². The molecule has 0 spiro atoms. The van der Waals surface area contributed by atoms with Crippen molar-refractivity contribution in [2.45, 2.75) is 25.9 Å². The van der Waals surface area contributed by atoms with Gasteiger partial charge in [0.2, 0.25) is 0 Å². The summed E-state index contributed by atoms with van der Waals surface area (Å²) in [7, 11) is 0. The number of H-pyrrole nitrogens is 1. The van der Waals surface area contributed by atoms with Crippen molar-refractivity contribution >= 4 is 5.91 Å². The Labute approximate surface area is 98.3 Å². The molecule has 1 unspecified atom stereocenters. The quantitative estimate of drug-likeness (QED) is 0.580. The van der Waals surface area contributed by atoms with E-state index in [1.807, 2.05) is 6.92 Å². The minimum absolute atomic E-state index is 0.0947. The third kappa shape index (κ3) is 4.28. The van der Waals surface area contributed by atoms with Gasteiger partial charge in [-0.25, -0.2) is 0 Å². The number of aromatic amines is 1. The highest BCUT2D eigenvalue weighted by Crippen LogP contribution is 2.04. The molecule has 1 heterocycles. The zero-order chi connectivity index (χ0) is 12.8. The second-order valence-corrected chi connectivity index (χ2v) is 3.73. The average Bonchev–Trinajstić information content (AvgIpc) is 2.27. The van der Waals surface area contributed by atoms with E-state index in [1.54, 1.807) is 0 Å². The molecule has 94 valence electrons. The Morgan fingerprint density at radius 2 is 2.24 bits per heavy atom. The van der Waals surface area contributed by atoms with Gasteiger partial charge in [-0.2, -0.15) is 0 Å². The Morgan fingerprint density at radius 1 is 1.53 bits per heavy atom. The van der Waals surface area contributed by atoms with E-state index in [-0.39, 0.29) is 11.4 Å². The number of hydrogen-bond acceptors (Lipinski definition) is 4. The first kappa shape index (κ1) is 13.2. The van der Waals surface area contributed by atoms with Crippen molar-refractivity contribution in [3.8, 4) is 5.88 Å². The summed E-state index contributed by atoms with van der Waals surface area (Å²) < 4.78 is 0. The Bertz CT molecular complexity index is 441. The zero-order valence-electron chi connectivity index (χ0n) is 9.56. The molecule has 1 aromatic heterocycles. The number of carbonyl (C=O) groups is 1. The van der Waals surface area contributed by atoms with Gasteiger partial charge in [0.05, 0.1) is 11.7 Å². The van der Waals surface area contributed by atoms with Gasteiger partial charge >= 0.3 is 0 Å². The summed E-state index contributed by atoms with van der Waals surface area (Å²) in [6.45, 7) is 2.17. The van der Waals surface area contributed by atoms with E-state index in [0.29, 0.717) is 19.4 Å². The van der Waals surface area contributed by atoms with Gasteiger partial charge in [0.25, 0.3) is 11.5 Å². The number of aliphatic hydroxyl groups is 1. The summed E-state index contributed by atoms with van der Waals surface area (Å²) >= 11 is 0. The van der Waals surface area contributed by atoms with Crippen LogP contribution in [-0.4, -0.2) is 33.8 Å². The standard InChI is InChI=1S/C11H16N2O4/c1-2-8(14)3-4-12-11(17)7-5-9(15)13-10(16)6-7/h5-6,8,14H,2-4H2,1H3,(H,12,17)(H2,13,15,16). The van der Waals surface area contributed by atoms with Gasteiger partial charge in [0.1, 0.15) is 0 Å². The van der Waals surface area contributed by atoms with Crippen molar-refractivity contribution in [1.82, 2.24) is 10.3 Å². The molecule has 6 heteroatoms. The monoisotopic (exact) mass is 240 g/mol. The molecule has 1 aromatic rings. The lowest BCUT2D eigenvalue weighted by Crippen LogP contribution is -2.27. The molecule has 0 aliphatic rings. The van der Waals surface area contributed by atoms with Gasteiger partial charge in [-0.05, 0) is 12.8 Å². The van der Waals surface area contributed by atoms with Crippen molar-refractivity contribution in [2.24, 2.45) is 0 Å². The lowest BCUT2D eigenvalue weighted by atomic mass is 10.2. The van der Waals surface area contributed by atoms with Crippen molar-refractivity contribution in [2.75, 3.05) is 6.54 Å². The van der Waals surface area contributed by atoms with E-state index < -0.39 is 17.6 Å². The molecule has 17 heavy (non-hydrogen) atoms. The Morgan fingerprint density at radius 3 is 2.82 bits per heavy atom. The second-order valence-electron chi connectivity index (χ2n) is 3.73. The van der Waals surface area contributed by atoms with Gasteiger partial charge < -0.3 is 15.5 Å². The average molecular weight is 240 g/mol. The van der Waals surface area contributed by atoms with Crippen molar-refractivity contribution in [1.29, 1.82) is 0 Å². The van der Waals surface area contributed by atoms with Crippen LogP contribution in [0.2, 0.25) is 0 Å². The fourth-order valence-electron chi connectivity index (χ4n) is 1.32. The first-order chi connectivity index (χ1) is 8.02. The molecule has 0 saturated carbocycles. The molecule has 0 aliphatic heterocycles. The molecule has 0 fully saturated rings. The molecule has 0 aromatic carbocycles. The normalized spacial score (nSPS) is 12.1. The number of nitrogens with one attached hydrogen (secondary N) is 2. The highest BCUT2D eigenvalue weighted by Gasteiger charge is 2.08.